The van der Waals surface area contributed by atoms with Crippen LogP contribution in [0.5, 0.6) is 0 Å². The van der Waals surface area contributed by atoms with Crippen LogP contribution in [0.3, 0.4) is 0 Å². The first-order valence-electron chi connectivity index (χ1n) is 6.34. The van der Waals surface area contributed by atoms with E-state index >= 15 is 0 Å². The predicted molar refractivity (Wildman–Crippen MR) is 72.7 cm³/mol. The molecule has 0 fully saturated rings. The molecule has 1 aliphatic heterocycles. The third-order valence-electron chi connectivity index (χ3n) is 3.48. The first kappa shape index (κ1) is 11.9. The van der Waals surface area contributed by atoms with Crippen LogP contribution in [-0.4, -0.2) is 11.8 Å². The summed E-state index contributed by atoms with van der Waals surface area (Å²) in [5.41, 5.74) is 2.62. The Kier molecular flexibility index (Phi) is 3.03. The van der Waals surface area contributed by atoms with E-state index in [1.54, 1.807) is 18.2 Å². The molecule has 1 aliphatic rings. The highest BCUT2D eigenvalue weighted by atomic mass is 19.1. The number of benzene rings is 2. The smallest absolute Gasteiger partial charge is 0.159 e. The molecular weight excluding hydrogens is 241 g/mol. The van der Waals surface area contributed by atoms with Gasteiger partial charge in [0.05, 0.1) is 6.04 Å². The van der Waals surface area contributed by atoms with Crippen LogP contribution in [0.15, 0.2) is 48.5 Å². The van der Waals surface area contributed by atoms with Gasteiger partial charge in [-0.1, -0.05) is 36.4 Å². The number of Topliss-reactive ketones (excluding diaryl/α,β-unsaturated/α-hetero) is 1. The molecule has 2 aromatic carbocycles. The summed E-state index contributed by atoms with van der Waals surface area (Å²) < 4.78 is 13.5. The Bertz CT molecular complexity index is 599. The lowest BCUT2D eigenvalue weighted by Gasteiger charge is -2.10. The maximum Gasteiger partial charge on any atom is 0.159 e. The van der Waals surface area contributed by atoms with Gasteiger partial charge in [0.25, 0.3) is 0 Å². The number of carbonyl (C=O) groups is 1. The number of hydrogen-bond acceptors (Lipinski definition) is 2. The van der Waals surface area contributed by atoms with Crippen LogP contribution in [0.25, 0.3) is 0 Å². The molecule has 2 nitrogen and oxygen atoms in total. The van der Waals surface area contributed by atoms with Crippen LogP contribution >= 0.6 is 0 Å². The number of anilines is 1. The van der Waals surface area contributed by atoms with Gasteiger partial charge in [-0.05, 0) is 23.3 Å². The van der Waals surface area contributed by atoms with E-state index in [0.717, 1.165) is 11.3 Å². The Morgan fingerprint density at radius 3 is 2.68 bits per heavy atom. The van der Waals surface area contributed by atoms with Gasteiger partial charge >= 0.3 is 0 Å². The number of para-hydroxylation sites is 1. The molecular formula is C16H14FNO. The number of fused-ring (bicyclic) bond motifs is 1. The van der Waals surface area contributed by atoms with Crippen LogP contribution in [0.1, 0.15) is 11.1 Å². The molecule has 0 radical (unpaired) electrons. The highest BCUT2D eigenvalue weighted by Gasteiger charge is 2.26. The molecule has 0 spiro atoms. The van der Waals surface area contributed by atoms with Gasteiger partial charge in [0, 0.05) is 18.5 Å². The maximum atomic E-state index is 13.5. The van der Waals surface area contributed by atoms with Crippen molar-refractivity contribution in [3.63, 3.8) is 0 Å². The van der Waals surface area contributed by atoms with Crippen molar-refractivity contribution in [3.05, 3.63) is 65.5 Å². The number of halogens is 1. The van der Waals surface area contributed by atoms with E-state index in [-0.39, 0.29) is 24.1 Å². The second kappa shape index (κ2) is 4.84. The number of ketones is 1. The zero-order chi connectivity index (χ0) is 13.2. The van der Waals surface area contributed by atoms with Crippen molar-refractivity contribution in [2.24, 2.45) is 0 Å². The van der Waals surface area contributed by atoms with Gasteiger partial charge in [0.2, 0.25) is 0 Å². The molecule has 0 amide bonds. The van der Waals surface area contributed by atoms with E-state index in [2.05, 4.69) is 5.32 Å². The third-order valence-corrected chi connectivity index (χ3v) is 3.48. The lowest BCUT2D eigenvalue weighted by Crippen LogP contribution is -2.28. The molecule has 0 aliphatic carbocycles. The van der Waals surface area contributed by atoms with Crippen molar-refractivity contribution in [1.29, 1.82) is 0 Å². The van der Waals surface area contributed by atoms with Crippen LogP contribution in [0, 0.1) is 5.82 Å². The maximum absolute atomic E-state index is 13.5. The fraction of sp³-hybridized carbons (Fsp3) is 0.188. The number of carbonyl (C=O) groups excluding carboxylic acids is 1. The zero-order valence-corrected chi connectivity index (χ0v) is 10.4. The molecule has 19 heavy (non-hydrogen) atoms. The molecule has 1 heterocycles. The topological polar surface area (TPSA) is 29.1 Å². The monoisotopic (exact) mass is 255 g/mol. The lowest BCUT2D eigenvalue weighted by atomic mass is 10.0. The van der Waals surface area contributed by atoms with Gasteiger partial charge in [-0.25, -0.2) is 4.39 Å². The van der Waals surface area contributed by atoms with Crippen molar-refractivity contribution < 1.29 is 9.18 Å². The van der Waals surface area contributed by atoms with Gasteiger partial charge in [-0.15, -0.1) is 0 Å². The van der Waals surface area contributed by atoms with E-state index < -0.39 is 0 Å². The number of hydrogen-bond donors (Lipinski definition) is 1. The quantitative estimate of drug-likeness (QED) is 0.913. The fourth-order valence-electron chi connectivity index (χ4n) is 2.44. The van der Waals surface area contributed by atoms with E-state index in [1.807, 2.05) is 24.3 Å². The second-order valence-electron chi connectivity index (χ2n) is 4.79. The summed E-state index contributed by atoms with van der Waals surface area (Å²) in [6.07, 6.45) is 0.821. The van der Waals surface area contributed by atoms with Gasteiger partial charge < -0.3 is 5.32 Å². The highest BCUT2D eigenvalue weighted by molar-refractivity contribution is 5.90. The number of rotatable bonds is 3. The molecule has 3 heteroatoms. The van der Waals surface area contributed by atoms with Gasteiger partial charge in [0.15, 0.2) is 5.78 Å². The SMILES string of the molecule is O=C(Cc1ccccc1F)C1Cc2ccccc2N1. The average molecular weight is 255 g/mol. The number of nitrogens with one attached hydrogen (secondary N) is 1. The van der Waals surface area contributed by atoms with Gasteiger partial charge in [-0.3, -0.25) is 4.79 Å². The minimum absolute atomic E-state index is 0.0290. The molecule has 1 unspecified atom stereocenters. The second-order valence-corrected chi connectivity index (χ2v) is 4.79. The van der Waals surface area contributed by atoms with E-state index in [9.17, 15) is 9.18 Å². The molecule has 1 atom stereocenters. The summed E-state index contributed by atoms with van der Waals surface area (Å²) in [4.78, 5) is 12.2. The lowest BCUT2D eigenvalue weighted by molar-refractivity contribution is -0.119. The normalized spacial score (nSPS) is 16.8. The molecule has 3 rings (SSSR count). The first-order chi connectivity index (χ1) is 9.24. The molecule has 0 saturated heterocycles. The Morgan fingerprint density at radius 1 is 1.16 bits per heavy atom. The van der Waals surface area contributed by atoms with Gasteiger partial charge in [0.1, 0.15) is 5.82 Å². The summed E-state index contributed by atoms with van der Waals surface area (Å²) >= 11 is 0. The molecule has 0 aromatic heterocycles. The van der Waals surface area contributed by atoms with Crippen LogP contribution in [0.4, 0.5) is 10.1 Å². The molecule has 0 saturated carbocycles. The summed E-state index contributed by atoms with van der Waals surface area (Å²) in [6, 6.07) is 14.1. The van der Waals surface area contributed by atoms with E-state index in [4.69, 9.17) is 0 Å². The molecule has 2 aromatic rings. The summed E-state index contributed by atoms with van der Waals surface area (Å²) in [5.74, 6) is -0.285. The van der Waals surface area contributed by atoms with Crippen molar-refractivity contribution >= 4 is 11.5 Å². The Morgan fingerprint density at radius 2 is 1.89 bits per heavy atom. The fourth-order valence-corrected chi connectivity index (χ4v) is 2.44. The van der Waals surface area contributed by atoms with Crippen molar-refractivity contribution in [2.45, 2.75) is 18.9 Å². The minimum atomic E-state index is -0.314. The molecule has 0 bridgehead atoms. The third kappa shape index (κ3) is 2.36. The van der Waals surface area contributed by atoms with Crippen molar-refractivity contribution in [1.82, 2.24) is 0 Å². The van der Waals surface area contributed by atoms with Crippen molar-refractivity contribution in [2.75, 3.05) is 5.32 Å². The first-order valence-corrected chi connectivity index (χ1v) is 6.34. The van der Waals surface area contributed by atoms with E-state index in [0.29, 0.717) is 12.0 Å². The predicted octanol–water partition coefficient (Wildman–Crippen LogP) is 2.97. The average Bonchev–Trinajstić information content (AvgIpc) is 2.85. The molecule has 1 N–H and O–H groups in total. The molecule has 96 valence electrons. The Hall–Kier alpha value is -2.16. The summed E-state index contributed by atoms with van der Waals surface area (Å²) in [5, 5.41) is 3.20. The van der Waals surface area contributed by atoms with Crippen LogP contribution in [0.2, 0.25) is 0 Å². The largest absolute Gasteiger partial charge is 0.375 e. The van der Waals surface area contributed by atoms with Crippen molar-refractivity contribution in [3.8, 4) is 0 Å². The Balaban J connectivity index is 1.72. The zero-order valence-electron chi connectivity index (χ0n) is 10.4. The van der Waals surface area contributed by atoms with Gasteiger partial charge in [-0.2, -0.15) is 0 Å². The van der Waals surface area contributed by atoms with Crippen LogP contribution < -0.4 is 5.32 Å². The minimum Gasteiger partial charge on any atom is -0.375 e. The van der Waals surface area contributed by atoms with E-state index in [1.165, 1.54) is 6.07 Å². The summed E-state index contributed by atoms with van der Waals surface area (Å²) in [6.45, 7) is 0. The standard InChI is InChI=1S/C16H14FNO/c17-13-7-3-1-5-11(13)10-16(19)15-9-12-6-2-4-8-14(12)18-15/h1-8,15,18H,9-10H2. The summed E-state index contributed by atoms with van der Waals surface area (Å²) in [7, 11) is 0. The Labute approximate surface area is 111 Å². The van der Waals surface area contributed by atoms with Crippen LogP contribution in [-0.2, 0) is 17.6 Å². The highest BCUT2D eigenvalue weighted by Crippen LogP contribution is 2.26.